The number of anilines is 1. The van der Waals surface area contributed by atoms with E-state index in [-0.39, 0.29) is 30.6 Å². The fourth-order valence-electron chi connectivity index (χ4n) is 5.43. The number of carbonyl (C=O) groups is 2. The largest absolute Gasteiger partial charge is 0.352 e. The van der Waals surface area contributed by atoms with Gasteiger partial charge in [-0.15, -0.1) is 0 Å². The van der Waals surface area contributed by atoms with Crippen LogP contribution in [0.5, 0.6) is 0 Å². The van der Waals surface area contributed by atoms with E-state index in [2.05, 4.69) is 5.32 Å². The Morgan fingerprint density at radius 1 is 0.907 bits per heavy atom. The lowest BCUT2D eigenvalue weighted by atomic mass is 9.94. The maximum Gasteiger partial charge on any atom is 0.304 e. The lowest BCUT2D eigenvalue weighted by molar-refractivity contribution is -0.140. The van der Waals surface area contributed by atoms with Crippen molar-refractivity contribution >= 4 is 27.7 Å². The molecule has 0 aliphatic heterocycles. The first-order chi connectivity index (χ1) is 20.5. The predicted molar refractivity (Wildman–Crippen MR) is 167 cm³/mol. The second-order valence-electron chi connectivity index (χ2n) is 11.3. The Balaban J connectivity index is 1.75. The molecule has 4 rings (SSSR count). The van der Waals surface area contributed by atoms with E-state index in [0.717, 1.165) is 69.5 Å². The van der Waals surface area contributed by atoms with Gasteiger partial charge in [0.2, 0.25) is 11.8 Å². The standard InChI is InChI=1S/C33H41FN4O4S/c1-25-11-10-14-27(21-25)23-37(32(39)24-38(43(41,42)36(2)3)30-19-17-28(34)18-20-30)31(22-26-12-6-4-7-13-26)33(40)35-29-15-8-5-9-16-29/h4,6-7,10-14,17-21,29,31H,5,8-9,15-16,22-24H2,1-3H3,(H,35,40)/t31-/m1/s1. The number of carbonyl (C=O) groups excluding carboxylic acids is 2. The van der Waals surface area contributed by atoms with Gasteiger partial charge in [0.25, 0.3) is 0 Å². The minimum atomic E-state index is -4.14. The van der Waals surface area contributed by atoms with Crippen LogP contribution in [0, 0.1) is 12.7 Å². The molecule has 0 radical (unpaired) electrons. The summed E-state index contributed by atoms with van der Waals surface area (Å²) in [5.74, 6) is -1.34. The van der Waals surface area contributed by atoms with Gasteiger partial charge in [0.15, 0.2) is 0 Å². The van der Waals surface area contributed by atoms with Gasteiger partial charge in [-0.05, 0) is 55.2 Å². The van der Waals surface area contributed by atoms with E-state index in [1.54, 1.807) is 0 Å². The first-order valence-corrected chi connectivity index (χ1v) is 16.1. The number of benzene rings is 3. The summed E-state index contributed by atoms with van der Waals surface area (Å²) in [6, 6.07) is 21.3. The minimum absolute atomic E-state index is 0.0280. The molecule has 1 saturated carbocycles. The molecule has 2 amide bonds. The third-order valence-corrected chi connectivity index (χ3v) is 9.61. The number of hydrogen-bond acceptors (Lipinski definition) is 4. The first kappa shape index (κ1) is 32.2. The van der Waals surface area contributed by atoms with Gasteiger partial charge in [0, 0.05) is 33.1 Å². The third kappa shape index (κ3) is 8.64. The van der Waals surface area contributed by atoms with E-state index in [4.69, 9.17) is 0 Å². The third-order valence-electron chi connectivity index (χ3n) is 7.79. The SMILES string of the molecule is Cc1cccc(CN(C(=O)CN(c2ccc(F)cc2)S(=O)(=O)N(C)C)[C@H](Cc2ccccc2)C(=O)NC2CCCCC2)c1. The molecule has 1 N–H and O–H groups in total. The van der Waals surface area contributed by atoms with Crippen LogP contribution in [-0.4, -0.2) is 62.2 Å². The second-order valence-corrected chi connectivity index (χ2v) is 13.4. The number of nitrogens with zero attached hydrogens (tertiary/aromatic N) is 3. The van der Waals surface area contributed by atoms with Gasteiger partial charge < -0.3 is 10.2 Å². The molecule has 1 aliphatic carbocycles. The van der Waals surface area contributed by atoms with Gasteiger partial charge in [0.05, 0.1) is 5.69 Å². The highest BCUT2D eigenvalue weighted by Crippen LogP contribution is 2.23. The van der Waals surface area contributed by atoms with Crippen molar-refractivity contribution in [2.45, 2.75) is 64.1 Å². The molecule has 0 saturated heterocycles. The van der Waals surface area contributed by atoms with Gasteiger partial charge in [-0.3, -0.25) is 9.59 Å². The van der Waals surface area contributed by atoms with Crippen molar-refractivity contribution in [2.24, 2.45) is 0 Å². The fourth-order valence-corrected chi connectivity index (χ4v) is 6.49. The number of amides is 2. The van der Waals surface area contributed by atoms with Crippen LogP contribution in [0.1, 0.15) is 48.8 Å². The Morgan fingerprint density at radius 2 is 1.56 bits per heavy atom. The van der Waals surface area contributed by atoms with Gasteiger partial charge in [-0.25, -0.2) is 8.70 Å². The first-order valence-electron chi connectivity index (χ1n) is 14.7. The molecule has 0 unspecified atom stereocenters. The van der Waals surface area contributed by atoms with Crippen molar-refractivity contribution < 1.29 is 22.4 Å². The molecule has 0 bridgehead atoms. The summed E-state index contributed by atoms with van der Waals surface area (Å²) >= 11 is 0. The van der Waals surface area contributed by atoms with Gasteiger partial charge in [-0.1, -0.05) is 79.4 Å². The fraction of sp³-hybridized carbons (Fsp3) is 0.394. The number of aryl methyl sites for hydroxylation is 1. The Labute approximate surface area is 254 Å². The lowest BCUT2D eigenvalue weighted by Gasteiger charge is -2.35. The topological polar surface area (TPSA) is 90.0 Å². The van der Waals surface area contributed by atoms with E-state index in [0.29, 0.717) is 0 Å². The zero-order chi connectivity index (χ0) is 31.0. The Bertz CT molecular complexity index is 1480. The summed E-state index contributed by atoms with van der Waals surface area (Å²) in [7, 11) is -1.40. The highest BCUT2D eigenvalue weighted by Gasteiger charge is 2.35. The molecule has 10 heteroatoms. The summed E-state index contributed by atoms with van der Waals surface area (Å²) in [5, 5.41) is 3.20. The van der Waals surface area contributed by atoms with Crippen LogP contribution >= 0.6 is 0 Å². The quantitative estimate of drug-likeness (QED) is 0.319. The van der Waals surface area contributed by atoms with Crippen molar-refractivity contribution in [3.05, 3.63) is 101 Å². The van der Waals surface area contributed by atoms with Crippen LogP contribution in [0.3, 0.4) is 0 Å². The molecule has 0 heterocycles. The van der Waals surface area contributed by atoms with Gasteiger partial charge in [0.1, 0.15) is 18.4 Å². The molecular formula is C33H41FN4O4S. The molecule has 3 aromatic carbocycles. The van der Waals surface area contributed by atoms with Crippen LogP contribution < -0.4 is 9.62 Å². The molecule has 0 spiro atoms. The van der Waals surface area contributed by atoms with Crippen molar-refractivity contribution in [1.29, 1.82) is 0 Å². The minimum Gasteiger partial charge on any atom is -0.352 e. The summed E-state index contributed by atoms with van der Waals surface area (Å²) in [5.41, 5.74) is 2.84. The number of hydrogen-bond donors (Lipinski definition) is 1. The van der Waals surface area contributed by atoms with Gasteiger partial charge >= 0.3 is 10.2 Å². The molecule has 8 nitrogen and oxygen atoms in total. The van der Waals surface area contributed by atoms with Gasteiger partial charge in [-0.2, -0.15) is 12.7 Å². The molecule has 1 aliphatic rings. The number of halogens is 1. The Kier molecular flexibility index (Phi) is 10.9. The Morgan fingerprint density at radius 3 is 2.19 bits per heavy atom. The average Bonchev–Trinajstić information content (AvgIpc) is 2.99. The zero-order valence-electron chi connectivity index (χ0n) is 25.1. The lowest BCUT2D eigenvalue weighted by Crippen LogP contribution is -2.55. The van der Waals surface area contributed by atoms with Crippen molar-refractivity contribution in [2.75, 3.05) is 24.9 Å². The van der Waals surface area contributed by atoms with Crippen LogP contribution in [0.4, 0.5) is 10.1 Å². The molecule has 43 heavy (non-hydrogen) atoms. The van der Waals surface area contributed by atoms with E-state index in [1.165, 1.54) is 31.1 Å². The number of rotatable bonds is 12. The van der Waals surface area contributed by atoms with Crippen LogP contribution in [0.15, 0.2) is 78.9 Å². The second kappa shape index (κ2) is 14.6. The molecular weight excluding hydrogens is 567 g/mol. The summed E-state index contributed by atoms with van der Waals surface area (Å²) in [4.78, 5) is 29.8. The smallest absolute Gasteiger partial charge is 0.304 e. The summed E-state index contributed by atoms with van der Waals surface area (Å²) < 4.78 is 42.6. The monoisotopic (exact) mass is 608 g/mol. The van der Waals surface area contributed by atoms with Crippen molar-refractivity contribution in [3.8, 4) is 0 Å². The highest BCUT2D eigenvalue weighted by atomic mass is 32.2. The molecule has 0 aromatic heterocycles. The molecule has 3 aromatic rings. The highest BCUT2D eigenvalue weighted by molar-refractivity contribution is 7.90. The molecule has 230 valence electrons. The zero-order valence-corrected chi connectivity index (χ0v) is 25.9. The van der Waals surface area contributed by atoms with E-state index < -0.39 is 34.5 Å². The van der Waals surface area contributed by atoms with E-state index >= 15 is 0 Å². The van der Waals surface area contributed by atoms with E-state index in [9.17, 15) is 22.4 Å². The maximum absolute atomic E-state index is 14.3. The normalized spacial score (nSPS) is 14.7. The van der Waals surface area contributed by atoms with E-state index in [1.807, 2.05) is 61.5 Å². The number of nitrogens with one attached hydrogen (secondary N) is 1. The average molecular weight is 609 g/mol. The predicted octanol–water partition coefficient (Wildman–Crippen LogP) is 4.84. The summed E-state index contributed by atoms with van der Waals surface area (Å²) in [6.45, 7) is 1.49. The van der Waals surface area contributed by atoms with Crippen LogP contribution in [0.25, 0.3) is 0 Å². The maximum atomic E-state index is 14.3. The summed E-state index contributed by atoms with van der Waals surface area (Å²) in [6.07, 6.45) is 5.24. The molecule has 1 fully saturated rings. The van der Waals surface area contributed by atoms with Crippen LogP contribution in [0.2, 0.25) is 0 Å². The van der Waals surface area contributed by atoms with Crippen molar-refractivity contribution in [1.82, 2.24) is 14.5 Å². The Hall–Kier alpha value is -3.76. The van der Waals surface area contributed by atoms with Crippen LogP contribution in [-0.2, 0) is 32.8 Å². The van der Waals surface area contributed by atoms with Crippen molar-refractivity contribution in [3.63, 3.8) is 0 Å². The molecule has 1 atom stereocenters.